The van der Waals surface area contributed by atoms with Crippen LogP contribution in [-0.2, 0) is 41.2 Å². The Morgan fingerprint density at radius 1 is 0.667 bits per heavy atom. The zero-order valence-corrected chi connectivity index (χ0v) is 16.0. The molecule has 1 heterocycles. The summed E-state index contributed by atoms with van der Waals surface area (Å²) in [6, 6.07) is 0. The summed E-state index contributed by atoms with van der Waals surface area (Å²) in [5.41, 5.74) is 0. The second-order valence-electron chi connectivity index (χ2n) is 5.31. The van der Waals surface area contributed by atoms with E-state index >= 15 is 0 Å². The molecule has 0 atom stereocenters. The fourth-order valence-corrected chi connectivity index (χ4v) is 1.36. The molecular weight excluding hydrogens is 322 g/mol. The van der Waals surface area contributed by atoms with E-state index in [1.807, 2.05) is 13.1 Å². The van der Waals surface area contributed by atoms with Gasteiger partial charge in [-0.15, -0.1) is 13.1 Å². The normalized spacial score (nSPS) is 20.8. The summed E-state index contributed by atoms with van der Waals surface area (Å²) in [5, 5.41) is 0. The first-order valence-electron chi connectivity index (χ1n) is 6.15. The van der Waals surface area contributed by atoms with Crippen molar-refractivity contribution in [1.82, 2.24) is 14.7 Å². The first-order valence-corrected chi connectivity index (χ1v) is 11.4. The van der Waals surface area contributed by atoms with Crippen LogP contribution in [0.25, 0.3) is 0 Å². The van der Waals surface area contributed by atoms with Gasteiger partial charge in [0.05, 0.1) is 0 Å². The minimum atomic E-state index is -1.44. The number of hydrogen-bond acceptors (Lipinski definition) is 5. The zero-order chi connectivity index (χ0) is 13.5. The van der Waals surface area contributed by atoms with Crippen molar-refractivity contribution < 1.29 is 17.1 Å². The van der Waals surface area contributed by atoms with Gasteiger partial charge in [0, 0.05) is 39.3 Å². The van der Waals surface area contributed by atoms with E-state index in [1.165, 1.54) is 39.3 Å². The molecule has 1 aliphatic heterocycles. The number of likely N-dealkylation sites (N-methyl/N-ethyl adjacent to an activating group) is 3. The number of nitrogens with zero attached hydrogens (tertiary/aromatic N) is 3. The molecule has 0 saturated carbocycles. The fourth-order valence-electron chi connectivity index (χ4n) is 1.36. The van der Waals surface area contributed by atoms with Crippen LogP contribution in [0.4, 0.5) is 0 Å². The topological polar surface area (TPSA) is 9.72 Å². The predicted octanol–water partition coefficient (Wildman–Crippen LogP) is 0.575. The van der Waals surface area contributed by atoms with Gasteiger partial charge in [0.1, 0.15) is 0 Å². The van der Waals surface area contributed by atoms with Crippen LogP contribution in [0.5, 0.6) is 0 Å². The van der Waals surface area contributed by atoms with Crippen LogP contribution in [0.2, 0.25) is 13.1 Å². The molecule has 18 heavy (non-hydrogen) atoms. The molecule has 107 valence electrons. The van der Waals surface area contributed by atoms with E-state index in [2.05, 4.69) is 35.8 Å². The average Bonchev–Trinajstić information content (AvgIpc) is 2.22. The monoisotopic (exact) mass is 349 g/mol. The summed E-state index contributed by atoms with van der Waals surface area (Å²) < 4.78 is 0. The summed E-state index contributed by atoms with van der Waals surface area (Å²) in [4.78, 5) is 7.20. The molecule has 0 aromatic carbocycles. The van der Waals surface area contributed by atoms with Gasteiger partial charge in [-0.2, -0.15) is 0 Å². The van der Waals surface area contributed by atoms with Crippen LogP contribution < -0.4 is 0 Å². The largest absolute Gasteiger partial charge is 5.00 e. The van der Waals surface area contributed by atoms with Gasteiger partial charge in [0.15, 0.2) is 0 Å². The smallest absolute Gasteiger partial charge is 0.817 e. The minimum absolute atomic E-state index is 0. The Hall–Kier alpha value is 1.32. The molecule has 3 nitrogen and oxygen atoms in total. The number of hydrogen-bond donors (Lipinski definition) is 0. The van der Waals surface area contributed by atoms with Gasteiger partial charge in [-0.1, -0.05) is 0 Å². The third-order valence-corrected chi connectivity index (χ3v) is 2.59. The molecular formula is C11H27FeN3S2Si+3. The van der Waals surface area contributed by atoms with Crippen molar-refractivity contribution in [1.29, 1.82) is 0 Å². The Labute approximate surface area is 135 Å². The second-order valence-corrected chi connectivity index (χ2v) is 15.0. The van der Waals surface area contributed by atoms with E-state index in [1.54, 1.807) is 0 Å². The molecule has 0 spiro atoms. The van der Waals surface area contributed by atoms with Crippen LogP contribution in [0.1, 0.15) is 0 Å². The molecule has 1 saturated heterocycles. The first kappa shape index (κ1) is 21.6. The third kappa shape index (κ3) is 17.3. The van der Waals surface area contributed by atoms with E-state index in [4.69, 9.17) is 24.2 Å². The van der Waals surface area contributed by atoms with Crippen molar-refractivity contribution in [2.24, 2.45) is 0 Å². The van der Waals surface area contributed by atoms with Crippen molar-refractivity contribution in [3.8, 4) is 0 Å². The number of rotatable bonds is 0. The van der Waals surface area contributed by atoms with Crippen LogP contribution in [0, 0.1) is 0 Å². The standard InChI is InChI=1S/C9H21N3.C2H6S2Si.Fe/c1-10-4-6-11(2)8-9-12(3)7-5-10;1-5(2,3)4;/h4-9H2,1-3H3;1-2H3;/q;-2;+5. The van der Waals surface area contributed by atoms with E-state index in [0.717, 1.165) is 0 Å². The van der Waals surface area contributed by atoms with Gasteiger partial charge in [-0.3, -0.25) is 0 Å². The van der Waals surface area contributed by atoms with E-state index in [0.29, 0.717) is 0 Å². The van der Waals surface area contributed by atoms with Gasteiger partial charge >= 0.3 is 17.1 Å². The van der Waals surface area contributed by atoms with E-state index in [-0.39, 0.29) is 17.1 Å². The van der Waals surface area contributed by atoms with Crippen LogP contribution in [0.15, 0.2) is 0 Å². The fraction of sp³-hybridized carbons (Fsp3) is 1.00. The Balaban J connectivity index is 0. The van der Waals surface area contributed by atoms with Crippen molar-refractivity contribution in [2.75, 3.05) is 60.4 Å². The molecule has 0 unspecified atom stereocenters. The van der Waals surface area contributed by atoms with Crippen molar-refractivity contribution >= 4 is 30.5 Å². The van der Waals surface area contributed by atoms with E-state index < -0.39 is 6.37 Å². The molecule has 0 amide bonds. The minimum Gasteiger partial charge on any atom is -0.817 e. The summed E-state index contributed by atoms with van der Waals surface area (Å²) in [5.74, 6) is 0. The zero-order valence-electron chi connectivity index (χ0n) is 12.3. The molecule has 0 aliphatic carbocycles. The van der Waals surface area contributed by atoms with Crippen LogP contribution >= 0.6 is 0 Å². The maximum absolute atomic E-state index is 4.78. The summed E-state index contributed by atoms with van der Waals surface area (Å²) >= 11 is 9.56. The second kappa shape index (κ2) is 11.0. The van der Waals surface area contributed by atoms with Gasteiger partial charge in [-0.25, -0.2) is 6.37 Å². The SMILES string of the molecule is CN1CCN(C)CCN(C)CC1.C[Si](C)([S-])[S-].[Fe+5]. The molecule has 1 fully saturated rings. The molecule has 7 heteroatoms. The van der Waals surface area contributed by atoms with Crippen LogP contribution in [-0.4, -0.2) is 81.5 Å². The predicted molar refractivity (Wildman–Crippen MR) is 84.7 cm³/mol. The maximum atomic E-state index is 4.78. The summed E-state index contributed by atoms with van der Waals surface area (Å²) in [6.45, 7) is 11.1. The Morgan fingerprint density at radius 3 is 0.889 bits per heavy atom. The van der Waals surface area contributed by atoms with Crippen molar-refractivity contribution in [2.45, 2.75) is 13.1 Å². The van der Waals surface area contributed by atoms with Gasteiger partial charge in [-0.05, 0) is 21.1 Å². The molecule has 0 bridgehead atoms. The molecule has 1 rings (SSSR count). The first-order chi connectivity index (χ1) is 7.68. The maximum Gasteiger partial charge on any atom is 5.00 e. The Bertz CT molecular complexity index is 163. The van der Waals surface area contributed by atoms with Crippen molar-refractivity contribution in [3.63, 3.8) is 0 Å². The molecule has 1 radical (unpaired) electrons. The molecule has 0 aromatic rings. The molecule has 0 aromatic heterocycles. The summed E-state index contributed by atoms with van der Waals surface area (Å²) in [7, 11) is 6.60. The quantitative estimate of drug-likeness (QED) is 0.466. The van der Waals surface area contributed by atoms with Crippen LogP contribution in [0.3, 0.4) is 0 Å². The molecule has 0 N–H and O–H groups in total. The van der Waals surface area contributed by atoms with Gasteiger partial charge < -0.3 is 38.9 Å². The third-order valence-electron chi connectivity index (χ3n) is 2.59. The van der Waals surface area contributed by atoms with Crippen molar-refractivity contribution in [3.05, 3.63) is 0 Å². The Morgan fingerprint density at radius 2 is 0.778 bits per heavy atom. The van der Waals surface area contributed by atoms with E-state index in [9.17, 15) is 0 Å². The Kier molecular flexibility index (Phi) is 13.2. The van der Waals surface area contributed by atoms with Gasteiger partial charge in [0.25, 0.3) is 0 Å². The molecule has 1 aliphatic rings. The van der Waals surface area contributed by atoms with Gasteiger partial charge in [0.2, 0.25) is 0 Å². The summed E-state index contributed by atoms with van der Waals surface area (Å²) in [6.07, 6.45) is -1.44. The average molecular weight is 349 g/mol.